The molecule has 4 atom stereocenters. The van der Waals surface area contributed by atoms with E-state index in [2.05, 4.69) is 57.7 Å². The number of carboxylic acid groups (broad SMARTS) is 1. The maximum absolute atomic E-state index is 14.0. The van der Waals surface area contributed by atoms with Crippen LogP contribution in [0, 0.1) is 0 Å². The molecule has 1 saturated heterocycles. The summed E-state index contributed by atoms with van der Waals surface area (Å²) in [5, 5.41) is 19.0. The van der Waals surface area contributed by atoms with Gasteiger partial charge in [0.2, 0.25) is 17.7 Å². The van der Waals surface area contributed by atoms with E-state index in [4.69, 9.17) is 14.6 Å². The summed E-state index contributed by atoms with van der Waals surface area (Å²) < 4.78 is 37.4. The Balaban J connectivity index is 0.000000811. The molecule has 3 aromatic carbocycles. The van der Waals surface area contributed by atoms with Crippen LogP contribution in [0.2, 0.25) is 0 Å². The Morgan fingerprint density at radius 2 is 1.54 bits per heavy atom. The van der Waals surface area contributed by atoms with Crippen LogP contribution in [-0.4, -0.2) is 95.9 Å². The van der Waals surface area contributed by atoms with Gasteiger partial charge in [-0.1, -0.05) is 72.8 Å². The van der Waals surface area contributed by atoms with E-state index >= 15 is 0 Å². The van der Waals surface area contributed by atoms with Gasteiger partial charge >= 0.3 is 18.2 Å². The van der Waals surface area contributed by atoms with E-state index < -0.39 is 36.4 Å². The number of unbranched alkanes of at least 4 members (excludes halogenated alkanes) is 1. The third-order valence-corrected chi connectivity index (χ3v) is 11.4. The van der Waals surface area contributed by atoms with Crippen molar-refractivity contribution in [1.82, 2.24) is 26.2 Å². The predicted molar refractivity (Wildman–Crippen MR) is 209 cm³/mol. The van der Waals surface area contributed by atoms with Crippen molar-refractivity contribution in [3.8, 4) is 11.1 Å². The first kappa shape index (κ1) is 43.0. The minimum Gasteiger partial charge on any atom is -0.475 e. The van der Waals surface area contributed by atoms with Crippen molar-refractivity contribution in [3.63, 3.8) is 0 Å². The molecule has 2 aliphatic carbocycles. The fourth-order valence-corrected chi connectivity index (χ4v) is 8.41. The summed E-state index contributed by atoms with van der Waals surface area (Å²) >= 11 is 1.54. The average molecular weight is 812 g/mol. The van der Waals surface area contributed by atoms with E-state index in [1.807, 2.05) is 36.4 Å². The Bertz CT molecular complexity index is 1870. The number of nitrogens with zero attached hydrogens (tertiary/aromatic N) is 1. The summed E-state index contributed by atoms with van der Waals surface area (Å²) in [4.78, 5) is 63.6. The lowest BCUT2D eigenvalue weighted by molar-refractivity contribution is -0.192. The third-order valence-electron chi connectivity index (χ3n) is 10.4. The molecule has 4 amide bonds. The van der Waals surface area contributed by atoms with Crippen LogP contribution in [-0.2, 0) is 30.3 Å². The van der Waals surface area contributed by atoms with Gasteiger partial charge in [-0.15, -0.1) is 11.8 Å². The van der Waals surface area contributed by atoms with Crippen molar-refractivity contribution in [3.05, 3.63) is 95.1 Å². The minimum absolute atomic E-state index is 0.0170. The zero-order valence-electron chi connectivity index (χ0n) is 31.8. The third kappa shape index (κ3) is 11.1. The number of likely N-dealkylation sites (N-methyl/N-ethyl adjacent to an activating group) is 1. The standard InChI is InChI=1S/C39H47N5O5S.C2HF3O2/c1-25(40-2)36(45)43-34(38(47)44-24-50-23-35(44)37(46)42-33-20-11-13-26-12-3-4-14-27(26)33)19-9-10-21-41-39(48)49-22-32-30-17-7-5-15-28(30)29-16-6-8-18-31(29)32;3-2(4,5)1(6)7/h3-8,12,14-18,25,32-35,40H,9-11,13,19-24H2,1-2H3,(H,41,48)(H,42,46)(H,43,45);(H,6,7). The van der Waals surface area contributed by atoms with E-state index in [0.717, 1.165) is 36.0 Å². The van der Waals surface area contributed by atoms with Crippen LogP contribution in [0.1, 0.15) is 73.2 Å². The molecule has 1 heterocycles. The number of carboxylic acids is 1. The van der Waals surface area contributed by atoms with E-state index in [1.54, 1.807) is 30.6 Å². The Hall–Kier alpha value is -5.09. The monoisotopic (exact) mass is 811 g/mol. The molecule has 0 aromatic heterocycles. The second-order valence-electron chi connectivity index (χ2n) is 14.1. The molecule has 0 spiro atoms. The van der Waals surface area contributed by atoms with Crippen molar-refractivity contribution in [1.29, 1.82) is 0 Å². The lowest BCUT2D eigenvalue weighted by atomic mass is 9.87. The smallest absolute Gasteiger partial charge is 0.475 e. The first-order valence-corrected chi connectivity index (χ1v) is 20.1. The fraction of sp³-hybridized carbons (Fsp3) is 0.439. The van der Waals surface area contributed by atoms with Gasteiger partial charge in [0.15, 0.2) is 0 Å². The highest BCUT2D eigenvalue weighted by Gasteiger charge is 2.40. The number of aryl methyl sites for hydroxylation is 1. The summed E-state index contributed by atoms with van der Waals surface area (Å²) in [5.74, 6) is -2.59. The zero-order chi connectivity index (χ0) is 41.1. The second kappa shape index (κ2) is 19.9. The zero-order valence-corrected chi connectivity index (χ0v) is 32.6. The van der Waals surface area contributed by atoms with Crippen molar-refractivity contribution in [2.24, 2.45) is 0 Å². The number of hydrogen-bond donors (Lipinski definition) is 5. The molecule has 3 aromatic rings. The SMILES string of the molecule is CNC(C)C(=O)NC(CCCCNC(=O)OCC1c2ccccc2-c2ccccc21)C(=O)N1CSCC1C(=O)NC1CCCc2ccccc21.O=C(O)C(F)(F)F. The molecule has 16 heteroatoms. The van der Waals surface area contributed by atoms with Gasteiger partial charge in [0.05, 0.1) is 18.0 Å². The number of ether oxygens (including phenoxy) is 1. The molecule has 0 bridgehead atoms. The summed E-state index contributed by atoms with van der Waals surface area (Å²) in [7, 11) is 1.69. The molecule has 4 unspecified atom stereocenters. The van der Waals surface area contributed by atoms with Crippen molar-refractivity contribution in [2.45, 2.75) is 81.7 Å². The summed E-state index contributed by atoms with van der Waals surface area (Å²) in [6.07, 6.45) is -1.17. The van der Waals surface area contributed by atoms with Crippen molar-refractivity contribution < 1.29 is 47.0 Å². The number of halogens is 3. The van der Waals surface area contributed by atoms with Gasteiger partial charge in [0, 0.05) is 18.2 Å². The minimum atomic E-state index is -5.08. The van der Waals surface area contributed by atoms with Crippen molar-refractivity contribution in [2.75, 3.05) is 31.8 Å². The molecule has 1 aliphatic heterocycles. The van der Waals surface area contributed by atoms with Crippen LogP contribution in [0.5, 0.6) is 0 Å². The summed E-state index contributed by atoms with van der Waals surface area (Å²) in [6, 6.07) is 22.7. The van der Waals surface area contributed by atoms with E-state index in [0.29, 0.717) is 37.4 Å². The molecule has 6 rings (SSSR count). The molecule has 1 fully saturated rings. The van der Waals surface area contributed by atoms with E-state index in [9.17, 15) is 32.3 Å². The quantitative estimate of drug-likeness (QED) is 0.140. The molecule has 12 nitrogen and oxygen atoms in total. The molecule has 0 radical (unpaired) electrons. The Morgan fingerprint density at radius 3 is 2.18 bits per heavy atom. The van der Waals surface area contributed by atoms with Gasteiger partial charge in [-0.2, -0.15) is 13.2 Å². The molecule has 5 N–H and O–H groups in total. The molecule has 3 aliphatic rings. The van der Waals surface area contributed by atoms with Crippen molar-refractivity contribution >= 4 is 41.5 Å². The van der Waals surface area contributed by atoms with Gasteiger partial charge in [0.1, 0.15) is 18.7 Å². The Morgan fingerprint density at radius 1 is 0.930 bits per heavy atom. The highest BCUT2D eigenvalue weighted by atomic mass is 32.2. The highest BCUT2D eigenvalue weighted by Crippen LogP contribution is 2.44. The number of carbonyl (C=O) groups is 5. The van der Waals surface area contributed by atoms with E-state index in [1.165, 1.54) is 16.7 Å². The second-order valence-corrected chi connectivity index (χ2v) is 15.1. The molecular formula is C41H48F3N5O7S. The first-order valence-electron chi connectivity index (χ1n) is 18.9. The van der Waals surface area contributed by atoms with Gasteiger partial charge < -0.3 is 36.0 Å². The molecular weight excluding hydrogens is 764 g/mol. The Kier molecular flexibility index (Phi) is 15.0. The highest BCUT2D eigenvalue weighted by molar-refractivity contribution is 7.99. The summed E-state index contributed by atoms with van der Waals surface area (Å²) in [6.45, 7) is 2.34. The van der Waals surface area contributed by atoms with Crippen LogP contribution in [0.15, 0.2) is 72.8 Å². The lowest BCUT2D eigenvalue weighted by Crippen LogP contribution is -2.56. The topological polar surface area (TPSA) is 166 Å². The normalized spacial score (nSPS) is 18.1. The fourth-order valence-electron chi connectivity index (χ4n) is 7.25. The lowest BCUT2D eigenvalue weighted by Gasteiger charge is -2.31. The van der Waals surface area contributed by atoms with Crippen LogP contribution >= 0.6 is 11.8 Å². The number of benzene rings is 3. The largest absolute Gasteiger partial charge is 0.490 e. The number of rotatable bonds is 13. The number of fused-ring (bicyclic) bond motifs is 4. The maximum atomic E-state index is 14.0. The Labute approximate surface area is 333 Å². The number of thioether (sulfide) groups is 1. The van der Waals surface area contributed by atoms with Crippen LogP contribution in [0.25, 0.3) is 11.1 Å². The van der Waals surface area contributed by atoms with Gasteiger partial charge in [-0.05, 0) is 85.9 Å². The maximum Gasteiger partial charge on any atom is 0.490 e. The van der Waals surface area contributed by atoms with E-state index in [-0.39, 0.29) is 36.3 Å². The molecule has 306 valence electrons. The molecule has 57 heavy (non-hydrogen) atoms. The molecule has 0 saturated carbocycles. The number of hydrogen-bond acceptors (Lipinski definition) is 8. The van der Waals surface area contributed by atoms with Gasteiger partial charge in [-0.3, -0.25) is 14.4 Å². The number of aliphatic carboxylic acids is 1. The number of nitrogens with one attached hydrogen (secondary N) is 4. The van der Waals surface area contributed by atoms with Crippen LogP contribution in [0.4, 0.5) is 18.0 Å². The van der Waals surface area contributed by atoms with Crippen LogP contribution in [0.3, 0.4) is 0 Å². The summed E-state index contributed by atoms with van der Waals surface area (Å²) in [5.41, 5.74) is 7.06. The van der Waals surface area contributed by atoms with Gasteiger partial charge in [0.25, 0.3) is 0 Å². The van der Waals surface area contributed by atoms with Gasteiger partial charge in [-0.25, -0.2) is 9.59 Å². The number of carbonyl (C=O) groups excluding carboxylic acids is 4. The number of alkyl halides is 3. The number of amides is 4. The van der Waals surface area contributed by atoms with Crippen LogP contribution < -0.4 is 21.3 Å². The first-order chi connectivity index (χ1) is 27.3. The predicted octanol–water partition coefficient (Wildman–Crippen LogP) is 5.52. The number of alkyl carbamates (subject to hydrolysis) is 1. The average Bonchev–Trinajstić information content (AvgIpc) is 3.82.